The SMILES string of the molecule is COC(=O)c1sc(NC(=S)NC(=O)/C=C/c2ccccc2)nc1C. The molecule has 0 aliphatic heterocycles. The van der Waals surface area contributed by atoms with E-state index in [1.54, 1.807) is 13.0 Å². The fourth-order valence-electron chi connectivity index (χ4n) is 1.75. The molecule has 0 spiro atoms. The summed E-state index contributed by atoms with van der Waals surface area (Å²) in [5.74, 6) is -0.823. The van der Waals surface area contributed by atoms with Gasteiger partial charge in [-0.1, -0.05) is 41.7 Å². The molecule has 0 bridgehead atoms. The molecule has 0 saturated carbocycles. The Morgan fingerprint density at radius 3 is 2.67 bits per heavy atom. The standard InChI is InChI=1S/C16H15N3O3S2/c1-10-13(14(21)22-2)24-16(17-10)19-15(23)18-12(20)9-8-11-6-4-3-5-7-11/h3-9H,1-2H3,(H2,17,18,19,20,23)/b9-8+. The van der Waals surface area contributed by atoms with Crippen molar-refractivity contribution in [3.8, 4) is 0 Å². The van der Waals surface area contributed by atoms with Crippen LogP contribution in [0.2, 0.25) is 0 Å². The first-order valence-corrected chi connectivity index (χ1v) is 8.13. The molecule has 1 amide bonds. The summed E-state index contributed by atoms with van der Waals surface area (Å²) in [5.41, 5.74) is 1.44. The molecule has 0 radical (unpaired) electrons. The van der Waals surface area contributed by atoms with Crippen molar-refractivity contribution in [2.45, 2.75) is 6.92 Å². The molecule has 1 aromatic heterocycles. The van der Waals surface area contributed by atoms with Gasteiger partial charge in [-0.2, -0.15) is 0 Å². The first-order chi connectivity index (χ1) is 11.5. The second kappa shape index (κ2) is 8.32. The summed E-state index contributed by atoms with van der Waals surface area (Å²) in [5, 5.41) is 5.80. The number of nitrogens with one attached hydrogen (secondary N) is 2. The Bertz CT molecular complexity index is 785. The van der Waals surface area contributed by atoms with Crippen LogP contribution in [0.1, 0.15) is 20.9 Å². The van der Waals surface area contributed by atoms with Crippen LogP contribution in [0.3, 0.4) is 0 Å². The third-order valence-electron chi connectivity index (χ3n) is 2.85. The third-order valence-corrected chi connectivity index (χ3v) is 4.11. The minimum absolute atomic E-state index is 0.0999. The predicted octanol–water partition coefficient (Wildman–Crippen LogP) is 2.76. The molecule has 0 saturated heterocycles. The van der Waals surface area contributed by atoms with Crippen LogP contribution in [0.5, 0.6) is 0 Å². The molecule has 0 unspecified atom stereocenters. The summed E-state index contributed by atoms with van der Waals surface area (Å²) in [6.45, 7) is 1.69. The van der Waals surface area contributed by atoms with E-state index in [0.29, 0.717) is 15.7 Å². The molecule has 6 nitrogen and oxygen atoms in total. The fourth-order valence-corrected chi connectivity index (χ4v) is 2.90. The van der Waals surface area contributed by atoms with E-state index in [4.69, 9.17) is 12.2 Å². The first-order valence-electron chi connectivity index (χ1n) is 6.90. The maximum Gasteiger partial charge on any atom is 0.350 e. The lowest BCUT2D eigenvalue weighted by molar-refractivity contribution is -0.115. The zero-order valence-electron chi connectivity index (χ0n) is 13.0. The number of carbonyl (C=O) groups excluding carboxylic acids is 2. The van der Waals surface area contributed by atoms with Crippen LogP contribution >= 0.6 is 23.6 Å². The van der Waals surface area contributed by atoms with Crippen molar-refractivity contribution in [3.63, 3.8) is 0 Å². The molecule has 2 rings (SSSR count). The van der Waals surface area contributed by atoms with E-state index in [9.17, 15) is 9.59 Å². The summed E-state index contributed by atoms with van der Waals surface area (Å²) in [7, 11) is 1.30. The highest BCUT2D eigenvalue weighted by Gasteiger charge is 2.16. The lowest BCUT2D eigenvalue weighted by Crippen LogP contribution is -2.32. The summed E-state index contributed by atoms with van der Waals surface area (Å²) >= 11 is 6.17. The van der Waals surface area contributed by atoms with Gasteiger partial charge in [0.25, 0.3) is 0 Å². The molecule has 0 fully saturated rings. The van der Waals surface area contributed by atoms with Crippen LogP contribution in [0.15, 0.2) is 36.4 Å². The van der Waals surface area contributed by atoms with Gasteiger partial charge in [-0.3, -0.25) is 10.1 Å². The van der Waals surface area contributed by atoms with Crippen LogP contribution in [0.25, 0.3) is 6.08 Å². The van der Waals surface area contributed by atoms with Gasteiger partial charge in [0.2, 0.25) is 5.91 Å². The van der Waals surface area contributed by atoms with Gasteiger partial charge in [0, 0.05) is 6.08 Å². The van der Waals surface area contributed by atoms with Gasteiger partial charge < -0.3 is 10.1 Å². The monoisotopic (exact) mass is 361 g/mol. The highest BCUT2D eigenvalue weighted by Crippen LogP contribution is 2.23. The lowest BCUT2D eigenvalue weighted by atomic mass is 10.2. The Morgan fingerprint density at radius 2 is 2.00 bits per heavy atom. The van der Waals surface area contributed by atoms with Crippen molar-refractivity contribution in [1.29, 1.82) is 0 Å². The number of benzene rings is 1. The molecule has 1 aromatic carbocycles. The van der Waals surface area contributed by atoms with Gasteiger partial charge in [0.05, 0.1) is 12.8 Å². The normalized spacial score (nSPS) is 10.4. The Labute approximate surface area is 148 Å². The quantitative estimate of drug-likeness (QED) is 0.495. The number of thiazole rings is 1. The van der Waals surface area contributed by atoms with Crippen LogP contribution in [-0.2, 0) is 9.53 Å². The molecule has 8 heteroatoms. The number of amides is 1. The second-order valence-corrected chi connectivity index (χ2v) is 6.02. The van der Waals surface area contributed by atoms with Crippen LogP contribution in [-0.4, -0.2) is 29.1 Å². The third kappa shape index (κ3) is 4.97. The number of aryl methyl sites for hydroxylation is 1. The highest BCUT2D eigenvalue weighted by atomic mass is 32.1. The molecular formula is C16H15N3O3S2. The number of aromatic nitrogens is 1. The van der Waals surface area contributed by atoms with E-state index in [0.717, 1.165) is 16.9 Å². The smallest absolute Gasteiger partial charge is 0.350 e. The molecule has 0 atom stereocenters. The average Bonchev–Trinajstić information content (AvgIpc) is 2.93. The molecule has 124 valence electrons. The lowest BCUT2D eigenvalue weighted by Gasteiger charge is -2.04. The Morgan fingerprint density at radius 1 is 1.29 bits per heavy atom. The van der Waals surface area contributed by atoms with Crippen molar-refractivity contribution in [1.82, 2.24) is 10.3 Å². The largest absolute Gasteiger partial charge is 0.465 e. The van der Waals surface area contributed by atoms with Crippen LogP contribution in [0, 0.1) is 6.92 Å². The number of nitrogens with zero attached hydrogens (tertiary/aromatic N) is 1. The number of hydrogen-bond donors (Lipinski definition) is 2. The minimum Gasteiger partial charge on any atom is -0.465 e. The van der Waals surface area contributed by atoms with E-state index < -0.39 is 5.97 Å². The molecule has 1 heterocycles. The van der Waals surface area contributed by atoms with Gasteiger partial charge in [0.15, 0.2) is 10.2 Å². The van der Waals surface area contributed by atoms with E-state index >= 15 is 0 Å². The molecule has 0 aliphatic rings. The number of ether oxygens (including phenoxy) is 1. The van der Waals surface area contributed by atoms with Gasteiger partial charge in [0.1, 0.15) is 4.88 Å². The maximum atomic E-state index is 11.8. The first kappa shape index (κ1) is 17.8. The number of esters is 1. The fraction of sp³-hybridized carbons (Fsp3) is 0.125. The van der Waals surface area contributed by atoms with E-state index in [1.165, 1.54) is 13.2 Å². The highest BCUT2D eigenvalue weighted by molar-refractivity contribution is 7.80. The van der Waals surface area contributed by atoms with Crippen molar-refractivity contribution >= 4 is 51.8 Å². The van der Waals surface area contributed by atoms with E-state index in [2.05, 4.69) is 20.4 Å². The summed E-state index contributed by atoms with van der Waals surface area (Å²) < 4.78 is 4.67. The molecular weight excluding hydrogens is 346 g/mol. The number of rotatable bonds is 4. The van der Waals surface area contributed by atoms with E-state index in [1.807, 2.05) is 30.3 Å². The Balaban J connectivity index is 1.92. The molecule has 2 aromatic rings. The van der Waals surface area contributed by atoms with Crippen LogP contribution < -0.4 is 10.6 Å². The molecule has 2 N–H and O–H groups in total. The van der Waals surface area contributed by atoms with Gasteiger partial charge >= 0.3 is 5.97 Å². The van der Waals surface area contributed by atoms with Gasteiger partial charge in [-0.25, -0.2) is 9.78 Å². The second-order valence-electron chi connectivity index (χ2n) is 4.61. The van der Waals surface area contributed by atoms with Crippen molar-refractivity contribution in [3.05, 3.63) is 52.5 Å². The number of thiocarbonyl (C=S) groups is 1. The molecule has 24 heavy (non-hydrogen) atoms. The number of anilines is 1. The summed E-state index contributed by atoms with van der Waals surface area (Å²) in [6.07, 6.45) is 3.07. The number of methoxy groups -OCH3 is 1. The Hall–Kier alpha value is -2.58. The van der Waals surface area contributed by atoms with E-state index in [-0.39, 0.29) is 11.0 Å². The number of carbonyl (C=O) groups is 2. The maximum absolute atomic E-state index is 11.8. The summed E-state index contributed by atoms with van der Waals surface area (Å²) in [6, 6.07) is 9.43. The average molecular weight is 361 g/mol. The topological polar surface area (TPSA) is 80.3 Å². The van der Waals surface area contributed by atoms with Gasteiger partial charge in [-0.05, 0) is 30.8 Å². The Kier molecular flexibility index (Phi) is 6.16. The van der Waals surface area contributed by atoms with Crippen LogP contribution in [0.4, 0.5) is 5.13 Å². The zero-order chi connectivity index (χ0) is 17.5. The predicted molar refractivity (Wildman–Crippen MR) is 98.0 cm³/mol. The molecule has 0 aliphatic carbocycles. The number of hydrogen-bond acceptors (Lipinski definition) is 6. The van der Waals surface area contributed by atoms with Crippen molar-refractivity contribution in [2.75, 3.05) is 12.4 Å². The minimum atomic E-state index is -0.459. The van der Waals surface area contributed by atoms with Crippen molar-refractivity contribution < 1.29 is 14.3 Å². The van der Waals surface area contributed by atoms with Crippen molar-refractivity contribution in [2.24, 2.45) is 0 Å². The summed E-state index contributed by atoms with van der Waals surface area (Å²) in [4.78, 5) is 27.9. The van der Waals surface area contributed by atoms with Gasteiger partial charge in [-0.15, -0.1) is 0 Å². The zero-order valence-corrected chi connectivity index (χ0v) is 14.7.